The Hall–Kier alpha value is -1.07. The average Bonchev–Trinajstić information content (AvgIpc) is 2.18. The van der Waals surface area contributed by atoms with Gasteiger partial charge in [0.05, 0.1) is 17.3 Å². The van der Waals surface area contributed by atoms with E-state index in [1.807, 2.05) is 0 Å². The van der Waals surface area contributed by atoms with Crippen molar-refractivity contribution in [3.63, 3.8) is 0 Å². The van der Waals surface area contributed by atoms with Gasteiger partial charge in [0.2, 0.25) is 0 Å². The Bertz CT molecular complexity index is 383. The second-order valence-corrected chi connectivity index (χ2v) is 4.93. The van der Waals surface area contributed by atoms with Crippen LogP contribution in [0.5, 0.6) is 0 Å². The monoisotopic (exact) mass is 215 g/mol. The van der Waals surface area contributed by atoms with E-state index in [1.165, 1.54) is 12.1 Å². The minimum absolute atomic E-state index is 0.230. The summed E-state index contributed by atoms with van der Waals surface area (Å²) in [5, 5.41) is 11.5. The van der Waals surface area contributed by atoms with Crippen LogP contribution in [0.4, 0.5) is 5.69 Å². The molecule has 78 valence electrons. The van der Waals surface area contributed by atoms with Crippen LogP contribution in [0.15, 0.2) is 29.2 Å². The molecule has 0 radical (unpaired) electrons. The molecule has 0 aliphatic heterocycles. The summed E-state index contributed by atoms with van der Waals surface area (Å²) in [5.74, 6) is -0.230. The number of aliphatic hydroxyl groups is 1. The van der Waals surface area contributed by atoms with Crippen LogP contribution >= 0.6 is 0 Å². The normalized spacial score (nSPS) is 11.3. The van der Waals surface area contributed by atoms with Crippen LogP contribution < -0.4 is 5.32 Å². The number of nitrogens with one attached hydrogen (secondary N) is 1. The molecule has 0 aliphatic carbocycles. The van der Waals surface area contributed by atoms with E-state index in [1.54, 1.807) is 19.2 Å². The zero-order chi connectivity index (χ0) is 10.6. The fourth-order valence-electron chi connectivity index (χ4n) is 1.07. The van der Waals surface area contributed by atoms with Crippen molar-refractivity contribution in [3.8, 4) is 0 Å². The fourth-order valence-corrected chi connectivity index (χ4v) is 2.09. The smallest absolute Gasteiger partial charge is 0.180 e. The predicted molar refractivity (Wildman–Crippen MR) is 55.1 cm³/mol. The van der Waals surface area contributed by atoms with Crippen molar-refractivity contribution in [2.45, 2.75) is 4.90 Å². The topological polar surface area (TPSA) is 66.4 Å². The standard InChI is InChI=1S/C9H13NO3S/c1-10-8-2-4-9(5-3-8)14(12,13)7-6-11/h2-5,10-11H,6-7H2,1H3. The number of anilines is 1. The highest BCUT2D eigenvalue weighted by atomic mass is 32.2. The molecule has 1 aromatic carbocycles. The molecule has 0 bridgehead atoms. The highest BCUT2D eigenvalue weighted by molar-refractivity contribution is 7.91. The van der Waals surface area contributed by atoms with Gasteiger partial charge in [-0.2, -0.15) is 0 Å². The summed E-state index contributed by atoms with van der Waals surface area (Å²) in [6.45, 7) is -0.351. The summed E-state index contributed by atoms with van der Waals surface area (Å²) in [5.41, 5.74) is 0.855. The first-order chi connectivity index (χ1) is 6.60. The van der Waals surface area contributed by atoms with E-state index in [2.05, 4.69) is 5.32 Å². The van der Waals surface area contributed by atoms with Crippen molar-refractivity contribution < 1.29 is 13.5 Å². The van der Waals surface area contributed by atoms with Crippen molar-refractivity contribution in [3.05, 3.63) is 24.3 Å². The molecule has 2 N–H and O–H groups in total. The molecule has 0 aromatic heterocycles. The van der Waals surface area contributed by atoms with Crippen LogP contribution in [-0.4, -0.2) is 32.9 Å². The summed E-state index contributed by atoms with van der Waals surface area (Å²) < 4.78 is 22.9. The summed E-state index contributed by atoms with van der Waals surface area (Å²) in [4.78, 5) is 0.241. The number of hydrogen-bond acceptors (Lipinski definition) is 4. The Balaban J connectivity index is 2.97. The van der Waals surface area contributed by atoms with Crippen LogP contribution in [0.2, 0.25) is 0 Å². The molecule has 1 aromatic rings. The van der Waals surface area contributed by atoms with Gasteiger partial charge in [0, 0.05) is 12.7 Å². The van der Waals surface area contributed by atoms with E-state index in [-0.39, 0.29) is 17.3 Å². The average molecular weight is 215 g/mol. The Kier molecular flexibility index (Phi) is 3.49. The predicted octanol–water partition coefficient (Wildman–Crippen LogP) is 0.494. The molecule has 0 unspecified atom stereocenters. The second kappa shape index (κ2) is 4.43. The Labute approximate surface area is 83.5 Å². The second-order valence-electron chi connectivity index (χ2n) is 2.82. The SMILES string of the molecule is CNc1ccc(S(=O)(=O)CCO)cc1. The van der Waals surface area contributed by atoms with E-state index in [0.29, 0.717) is 0 Å². The summed E-state index contributed by atoms with van der Waals surface area (Å²) in [6, 6.07) is 6.42. The van der Waals surface area contributed by atoms with Gasteiger partial charge in [-0.25, -0.2) is 8.42 Å². The number of aliphatic hydroxyl groups excluding tert-OH is 1. The highest BCUT2D eigenvalue weighted by Gasteiger charge is 2.12. The Morgan fingerprint density at radius 1 is 1.29 bits per heavy atom. The van der Waals surface area contributed by atoms with Crippen molar-refractivity contribution in [2.75, 3.05) is 24.7 Å². The van der Waals surface area contributed by atoms with Crippen molar-refractivity contribution in [1.29, 1.82) is 0 Å². The van der Waals surface area contributed by atoms with Crippen LogP contribution in [0, 0.1) is 0 Å². The molecule has 1 rings (SSSR count). The molecule has 0 aliphatic rings. The number of sulfone groups is 1. The van der Waals surface area contributed by atoms with Crippen LogP contribution in [-0.2, 0) is 9.84 Å². The molecule has 0 atom stereocenters. The lowest BCUT2D eigenvalue weighted by Gasteiger charge is -2.03. The fraction of sp³-hybridized carbons (Fsp3) is 0.333. The van der Waals surface area contributed by atoms with Gasteiger partial charge in [-0.05, 0) is 24.3 Å². The molecule has 0 heterocycles. The Morgan fingerprint density at radius 3 is 2.29 bits per heavy atom. The first kappa shape index (κ1) is 11.0. The van der Waals surface area contributed by atoms with Gasteiger partial charge in [-0.3, -0.25) is 0 Å². The Morgan fingerprint density at radius 2 is 1.86 bits per heavy atom. The summed E-state index contributed by atoms with van der Waals surface area (Å²) >= 11 is 0. The third-order valence-corrected chi connectivity index (χ3v) is 3.57. The first-order valence-corrected chi connectivity index (χ1v) is 5.87. The first-order valence-electron chi connectivity index (χ1n) is 4.21. The van der Waals surface area contributed by atoms with E-state index >= 15 is 0 Å². The molecule has 4 nitrogen and oxygen atoms in total. The molecule has 0 saturated heterocycles. The van der Waals surface area contributed by atoms with Gasteiger partial charge >= 0.3 is 0 Å². The van der Waals surface area contributed by atoms with Crippen LogP contribution in [0.3, 0.4) is 0 Å². The number of hydrogen-bond donors (Lipinski definition) is 2. The minimum atomic E-state index is -3.31. The number of rotatable bonds is 4. The maximum absolute atomic E-state index is 11.5. The van der Waals surface area contributed by atoms with Gasteiger partial charge in [0.25, 0.3) is 0 Å². The van der Waals surface area contributed by atoms with Gasteiger partial charge in [0.1, 0.15) is 0 Å². The third-order valence-electron chi connectivity index (χ3n) is 1.86. The maximum atomic E-state index is 11.5. The molecule has 0 saturated carbocycles. The largest absolute Gasteiger partial charge is 0.395 e. The molecule has 5 heteroatoms. The lowest BCUT2D eigenvalue weighted by atomic mass is 10.3. The lowest BCUT2D eigenvalue weighted by molar-refractivity contribution is 0.319. The van der Waals surface area contributed by atoms with Crippen molar-refractivity contribution >= 4 is 15.5 Å². The van der Waals surface area contributed by atoms with Gasteiger partial charge in [0.15, 0.2) is 9.84 Å². The van der Waals surface area contributed by atoms with Gasteiger partial charge in [-0.15, -0.1) is 0 Å². The molecule has 0 spiro atoms. The zero-order valence-electron chi connectivity index (χ0n) is 7.90. The van der Waals surface area contributed by atoms with Gasteiger partial charge < -0.3 is 10.4 Å². The van der Waals surface area contributed by atoms with Gasteiger partial charge in [-0.1, -0.05) is 0 Å². The van der Waals surface area contributed by atoms with Crippen molar-refractivity contribution in [1.82, 2.24) is 0 Å². The summed E-state index contributed by atoms with van der Waals surface area (Å²) in [6.07, 6.45) is 0. The van der Waals surface area contributed by atoms with Crippen molar-refractivity contribution in [2.24, 2.45) is 0 Å². The molecule has 14 heavy (non-hydrogen) atoms. The van der Waals surface area contributed by atoms with E-state index < -0.39 is 9.84 Å². The van der Waals surface area contributed by atoms with E-state index in [4.69, 9.17) is 5.11 Å². The quantitative estimate of drug-likeness (QED) is 0.767. The minimum Gasteiger partial charge on any atom is -0.395 e. The van der Waals surface area contributed by atoms with Crippen LogP contribution in [0.25, 0.3) is 0 Å². The van der Waals surface area contributed by atoms with Crippen LogP contribution in [0.1, 0.15) is 0 Å². The molecule has 0 fully saturated rings. The van der Waals surface area contributed by atoms with E-state index in [0.717, 1.165) is 5.69 Å². The van der Waals surface area contributed by atoms with E-state index in [9.17, 15) is 8.42 Å². The highest BCUT2D eigenvalue weighted by Crippen LogP contribution is 2.14. The molecular weight excluding hydrogens is 202 g/mol. The number of benzene rings is 1. The summed E-state index contributed by atoms with van der Waals surface area (Å²) in [7, 11) is -1.55. The molecule has 0 amide bonds. The third kappa shape index (κ3) is 2.46. The molecular formula is C9H13NO3S. The maximum Gasteiger partial charge on any atom is 0.180 e. The lowest BCUT2D eigenvalue weighted by Crippen LogP contribution is -2.09. The zero-order valence-corrected chi connectivity index (χ0v) is 8.71.